The molecule has 0 radical (unpaired) electrons. The molecule has 0 N–H and O–H groups in total. The van der Waals surface area contributed by atoms with Crippen LogP contribution in [0.1, 0.15) is 72.1 Å². The summed E-state index contributed by atoms with van der Waals surface area (Å²) >= 11 is 0. The minimum Gasteiger partial charge on any atom is -0.509 e. The van der Waals surface area contributed by atoms with Gasteiger partial charge in [-0.1, -0.05) is 116 Å². The summed E-state index contributed by atoms with van der Waals surface area (Å²) in [6.45, 7) is 21.2. The molecule has 0 amide bonds. The molecule has 3 heterocycles. The van der Waals surface area contributed by atoms with Crippen LogP contribution in [0.4, 0.5) is 17.1 Å². The van der Waals surface area contributed by atoms with Crippen molar-refractivity contribution in [2.24, 2.45) is 5.41 Å². The molecule has 5 aromatic carbocycles. The molecule has 5 nitrogen and oxygen atoms in total. The van der Waals surface area contributed by atoms with Crippen LogP contribution in [0, 0.1) is 24.2 Å². The Bertz CT molecular complexity index is 2470. The number of hydrogen-bond donors (Lipinski definition) is 0. The molecule has 278 valence electrons. The zero-order valence-electron chi connectivity index (χ0n) is 32.3. The minimum atomic E-state index is -0.0655. The second-order valence-electron chi connectivity index (χ2n) is 16.8. The van der Waals surface area contributed by atoms with Gasteiger partial charge in [0.15, 0.2) is 0 Å². The van der Waals surface area contributed by atoms with Gasteiger partial charge in [0.2, 0.25) is 0 Å². The first-order valence-corrected chi connectivity index (χ1v) is 18.5. The third-order valence-electron chi connectivity index (χ3n) is 11.2. The molecular formula is C48H47N4OPt-3. The standard InChI is InChI=1S/C48H47N4O.Pt/c1-46(2,3)34-16-13-15-33(27-34)31-50-32-51(43-22-12-11-21-42(43)50)36-17-14-18-37(29-36)53-38-23-24-40-39-19-9-10-20-41(39)52(44(40)30-38)45-28-35(25-26-49-45)48(7,8)47(4,5)6;/h9-28,32H,31H2,1-8H3;/q-3;. The van der Waals surface area contributed by atoms with Gasteiger partial charge in [-0.15, -0.1) is 41.4 Å². The number of nitrogens with zero attached hydrogens (tertiary/aromatic N) is 4. The summed E-state index contributed by atoms with van der Waals surface area (Å²) in [6, 6.07) is 47.6. The smallest absolute Gasteiger partial charge is 0.135 e. The van der Waals surface area contributed by atoms with Crippen LogP contribution in [0.2, 0.25) is 0 Å². The molecule has 0 bridgehead atoms. The van der Waals surface area contributed by atoms with E-state index in [0.717, 1.165) is 51.2 Å². The molecule has 2 aromatic heterocycles. The first kappa shape index (κ1) is 37.5. The quantitative estimate of drug-likeness (QED) is 0.149. The van der Waals surface area contributed by atoms with Crippen molar-refractivity contribution in [1.29, 1.82) is 0 Å². The Labute approximate surface area is 334 Å². The number of hydrogen-bond acceptors (Lipinski definition) is 4. The second kappa shape index (κ2) is 14.1. The Hall–Kier alpha value is -4.86. The van der Waals surface area contributed by atoms with E-state index in [2.05, 4.69) is 186 Å². The van der Waals surface area contributed by atoms with Gasteiger partial charge in [0, 0.05) is 62.2 Å². The fourth-order valence-corrected chi connectivity index (χ4v) is 7.11. The molecule has 6 heteroatoms. The van der Waals surface area contributed by atoms with E-state index in [1.54, 1.807) is 0 Å². The van der Waals surface area contributed by atoms with E-state index < -0.39 is 0 Å². The van der Waals surface area contributed by atoms with Crippen molar-refractivity contribution in [1.82, 2.24) is 9.55 Å². The number of pyridine rings is 1. The van der Waals surface area contributed by atoms with E-state index in [4.69, 9.17) is 9.72 Å². The Morgan fingerprint density at radius 1 is 0.667 bits per heavy atom. The van der Waals surface area contributed by atoms with Crippen LogP contribution >= 0.6 is 0 Å². The van der Waals surface area contributed by atoms with E-state index >= 15 is 0 Å². The van der Waals surface area contributed by atoms with Crippen LogP contribution in [0.25, 0.3) is 27.6 Å². The molecule has 0 saturated heterocycles. The average Bonchev–Trinajstić information content (AvgIpc) is 3.66. The molecule has 0 spiro atoms. The number of anilines is 3. The van der Waals surface area contributed by atoms with Crippen LogP contribution in [-0.2, 0) is 38.4 Å². The van der Waals surface area contributed by atoms with Crippen molar-refractivity contribution in [3.63, 3.8) is 0 Å². The second-order valence-corrected chi connectivity index (χ2v) is 16.8. The van der Waals surface area contributed by atoms with Gasteiger partial charge in [-0.2, -0.15) is 18.8 Å². The van der Waals surface area contributed by atoms with Gasteiger partial charge in [0.05, 0.1) is 0 Å². The maximum absolute atomic E-state index is 6.55. The topological polar surface area (TPSA) is 33.5 Å². The number of para-hydroxylation sites is 3. The van der Waals surface area contributed by atoms with Crippen molar-refractivity contribution in [2.45, 2.75) is 72.8 Å². The molecule has 0 atom stereocenters. The largest absolute Gasteiger partial charge is 0.509 e. The van der Waals surface area contributed by atoms with Gasteiger partial charge in [0.1, 0.15) is 5.82 Å². The average molecular weight is 891 g/mol. The summed E-state index contributed by atoms with van der Waals surface area (Å²) in [5.74, 6) is 2.10. The van der Waals surface area contributed by atoms with E-state index in [1.807, 2.05) is 24.4 Å². The first-order valence-electron chi connectivity index (χ1n) is 18.5. The van der Waals surface area contributed by atoms with Gasteiger partial charge >= 0.3 is 0 Å². The number of benzene rings is 5. The van der Waals surface area contributed by atoms with E-state index in [-0.39, 0.29) is 37.3 Å². The first-order chi connectivity index (χ1) is 25.3. The number of rotatable bonds is 7. The molecule has 54 heavy (non-hydrogen) atoms. The molecule has 1 aliphatic rings. The van der Waals surface area contributed by atoms with Crippen LogP contribution in [0.5, 0.6) is 11.5 Å². The number of aromatic nitrogens is 2. The summed E-state index contributed by atoms with van der Waals surface area (Å²) < 4.78 is 8.76. The van der Waals surface area contributed by atoms with E-state index in [1.165, 1.54) is 16.7 Å². The predicted octanol–water partition coefficient (Wildman–Crippen LogP) is 12.5. The maximum atomic E-state index is 6.55. The van der Waals surface area contributed by atoms with Crippen molar-refractivity contribution >= 4 is 38.9 Å². The van der Waals surface area contributed by atoms with Gasteiger partial charge < -0.3 is 19.1 Å². The molecule has 8 rings (SSSR count). The Kier molecular flexibility index (Phi) is 9.77. The fourth-order valence-electron chi connectivity index (χ4n) is 7.11. The van der Waals surface area contributed by atoms with E-state index in [0.29, 0.717) is 11.5 Å². The van der Waals surface area contributed by atoms with Crippen molar-refractivity contribution in [3.8, 4) is 17.3 Å². The Balaban J connectivity index is 0.00000450. The van der Waals surface area contributed by atoms with Crippen molar-refractivity contribution < 1.29 is 25.8 Å². The predicted molar refractivity (Wildman–Crippen MR) is 219 cm³/mol. The number of ether oxygens (including phenoxy) is 1. The molecule has 0 fully saturated rings. The zero-order valence-corrected chi connectivity index (χ0v) is 34.6. The van der Waals surface area contributed by atoms with Crippen LogP contribution in [-0.4, -0.2) is 9.55 Å². The molecule has 0 aliphatic carbocycles. The monoisotopic (exact) mass is 890 g/mol. The number of fused-ring (bicyclic) bond motifs is 4. The van der Waals surface area contributed by atoms with Crippen LogP contribution in [0.15, 0.2) is 121 Å². The Morgan fingerprint density at radius 3 is 2.17 bits per heavy atom. The zero-order chi connectivity index (χ0) is 37.1. The minimum absolute atomic E-state index is 0. The van der Waals surface area contributed by atoms with Gasteiger partial charge in [-0.3, -0.25) is 0 Å². The fraction of sp³-hybridized carbons (Fsp3) is 0.250. The molecular weight excluding hydrogens is 844 g/mol. The van der Waals surface area contributed by atoms with Gasteiger partial charge in [-0.25, -0.2) is 4.98 Å². The summed E-state index contributed by atoms with van der Waals surface area (Å²) in [7, 11) is 0. The summed E-state index contributed by atoms with van der Waals surface area (Å²) in [4.78, 5) is 9.40. The normalized spacial score (nSPS) is 13.3. The SMILES string of the molecule is CC(C)(C)c1cccc(CN2[CH-]N(c3[c-]c(Oc4[c-]c5c(cc4)c4ccccc4n5-c4cc(C(C)(C)C(C)(C)C)ccn4)ccc3)c3ccccc32)c1.[Pt]. The molecule has 0 unspecified atom stereocenters. The third kappa shape index (κ3) is 6.84. The van der Waals surface area contributed by atoms with Crippen molar-refractivity contribution in [3.05, 3.63) is 157 Å². The van der Waals surface area contributed by atoms with Gasteiger partial charge in [0.25, 0.3) is 0 Å². The third-order valence-corrected chi connectivity index (χ3v) is 11.2. The molecule has 0 saturated carbocycles. The van der Waals surface area contributed by atoms with Gasteiger partial charge in [-0.05, 0) is 68.7 Å². The van der Waals surface area contributed by atoms with Crippen LogP contribution in [0.3, 0.4) is 0 Å². The van der Waals surface area contributed by atoms with Crippen LogP contribution < -0.4 is 14.5 Å². The molecule has 7 aromatic rings. The summed E-state index contributed by atoms with van der Waals surface area (Å²) in [6.07, 6.45) is 1.93. The molecule has 1 aliphatic heterocycles. The summed E-state index contributed by atoms with van der Waals surface area (Å²) in [5.41, 5.74) is 9.12. The maximum Gasteiger partial charge on any atom is 0.135 e. The Morgan fingerprint density at radius 2 is 1.39 bits per heavy atom. The van der Waals surface area contributed by atoms with E-state index in [9.17, 15) is 0 Å². The summed E-state index contributed by atoms with van der Waals surface area (Å²) in [5, 5.41) is 2.25. The van der Waals surface area contributed by atoms with Crippen molar-refractivity contribution in [2.75, 3.05) is 9.80 Å².